The molecule has 0 radical (unpaired) electrons. The molecule has 2 N–H and O–H groups in total. The van der Waals surface area contributed by atoms with Gasteiger partial charge < -0.3 is 10.2 Å². The van der Waals surface area contributed by atoms with Crippen LogP contribution in [0.5, 0.6) is 0 Å². The molecule has 0 aliphatic carbocycles. The van der Waals surface area contributed by atoms with Crippen LogP contribution in [0.4, 0.5) is 9.18 Å². The number of hydrogen-bond donors (Lipinski definition) is 2. The molecule has 0 aromatic heterocycles. The quantitative estimate of drug-likeness (QED) is 0.885. The third-order valence-electron chi connectivity index (χ3n) is 4.10. The minimum Gasteiger partial charge on any atom is -0.465 e. The van der Waals surface area contributed by atoms with E-state index in [2.05, 4.69) is 0 Å². The highest BCUT2D eigenvalue weighted by molar-refractivity contribution is 5.67. The normalized spacial score (nSPS) is 26.7. The molecule has 1 saturated heterocycles. The van der Waals surface area contributed by atoms with Gasteiger partial charge in [-0.3, -0.25) is 4.90 Å². The predicted octanol–water partition coefficient (Wildman–Crippen LogP) is 2.78. The van der Waals surface area contributed by atoms with Crippen molar-refractivity contribution in [2.45, 2.75) is 37.8 Å². The Morgan fingerprint density at radius 1 is 1.58 bits per heavy atom. The molecule has 104 valence electrons. The highest BCUT2D eigenvalue weighted by Gasteiger charge is 2.48. The number of amides is 1. The molecule has 0 saturated carbocycles. The predicted molar refractivity (Wildman–Crippen MR) is 68.3 cm³/mol. The van der Waals surface area contributed by atoms with Gasteiger partial charge in [-0.05, 0) is 37.0 Å². The number of aliphatic hydroxyl groups is 1. The summed E-state index contributed by atoms with van der Waals surface area (Å²) in [5.74, 6) is -0.374. The molecule has 1 aromatic carbocycles. The van der Waals surface area contributed by atoms with Crippen molar-refractivity contribution >= 4 is 6.09 Å². The molecule has 1 aliphatic heterocycles. The lowest BCUT2D eigenvalue weighted by molar-refractivity contribution is 0.0396. The van der Waals surface area contributed by atoms with Crippen molar-refractivity contribution in [2.24, 2.45) is 0 Å². The molecule has 0 unspecified atom stereocenters. The number of rotatable bonds is 3. The summed E-state index contributed by atoms with van der Waals surface area (Å²) in [6.45, 7) is 1.65. The number of halogens is 1. The van der Waals surface area contributed by atoms with Gasteiger partial charge in [0.25, 0.3) is 0 Å². The summed E-state index contributed by atoms with van der Waals surface area (Å²) in [4.78, 5) is 12.8. The monoisotopic (exact) mass is 267 g/mol. The van der Waals surface area contributed by atoms with E-state index in [0.29, 0.717) is 24.8 Å². The first-order chi connectivity index (χ1) is 9.04. The van der Waals surface area contributed by atoms with Gasteiger partial charge in [0.05, 0.1) is 18.2 Å². The average molecular weight is 267 g/mol. The van der Waals surface area contributed by atoms with Gasteiger partial charge in [-0.2, -0.15) is 0 Å². The van der Waals surface area contributed by atoms with E-state index in [1.807, 2.05) is 6.92 Å². The van der Waals surface area contributed by atoms with Gasteiger partial charge in [-0.25, -0.2) is 9.18 Å². The summed E-state index contributed by atoms with van der Waals surface area (Å²) in [6, 6.07) is 5.62. The molecule has 5 heteroatoms. The maximum atomic E-state index is 13.3. The topological polar surface area (TPSA) is 60.8 Å². The van der Waals surface area contributed by atoms with Crippen LogP contribution in [0.25, 0.3) is 0 Å². The second-order valence-electron chi connectivity index (χ2n) is 5.00. The van der Waals surface area contributed by atoms with Gasteiger partial charge in [0.15, 0.2) is 0 Å². The molecular weight excluding hydrogens is 249 g/mol. The molecule has 0 bridgehead atoms. The first-order valence-electron chi connectivity index (χ1n) is 6.42. The summed E-state index contributed by atoms with van der Waals surface area (Å²) in [7, 11) is 0. The van der Waals surface area contributed by atoms with Crippen LogP contribution in [0.15, 0.2) is 24.3 Å². The Balaban J connectivity index is 2.39. The molecule has 1 aliphatic rings. The third-order valence-corrected chi connectivity index (χ3v) is 4.10. The standard InChI is InChI=1S/C14H18FNO3/c1-2-14(9-17)7-6-12(16(14)13(18)19)10-4-3-5-11(15)8-10/h3-5,8,12,17H,2,6-7,9H2,1H3,(H,18,19)/t12-,14-/m0/s1. The van der Waals surface area contributed by atoms with Crippen LogP contribution in [-0.2, 0) is 0 Å². The van der Waals surface area contributed by atoms with Crippen LogP contribution >= 0.6 is 0 Å². The Morgan fingerprint density at radius 3 is 2.84 bits per heavy atom. The fourth-order valence-corrected chi connectivity index (χ4v) is 2.97. The summed E-state index contributed by atoms with van der Waals surface area (Å²) >= 11 is 0. The van der Waals surface area contributed by atoms with E-state index in [0.717, 1.165) is 0 Å². The number of likely N-dealkylation sites (tertiary alicyclic amines) is 1. The van der Waals surface area contributed by atoms with E-state index >= 15 is 0 Å². The van der Waals surface area contributed by atoms with Crippen molar-refractivity contribution in [2.75, 3.05) is 6.61 Å². The molecule has 2 rings (SSSR count). The Morgan fingerprint density at radius 2 is 2.32 bits per heavy atom. The molecule has 1 heterocycles. The van der Waals surface area contributed by atoms with Crippen molar-refractivity contribution < 1.29 is 19.4 Å². The van der Waals surface area contributed by atoms with Gasteiger partial charge in [0, 0.05) is 0 Å². The molecule has 4 nitrogen and oxygen atoms in total. The number of nitrogens with zero attached hydrogens (tertiary/aromatic N) is 1. The first kappa shape index (κ1) is 13.8. The minimum absolute atomic E-state index is 0.207. The SMILES string of the molecule is CC[C@@]1(CO)CC[C@@H](c2cccc(F)c2)N1C(=O)O. The molecule has 19 heavy (non-hydrogen) atoms. The second-order valence-corrected chi connectivity index (χ2v) is 5.00. The second kappa shape index (κ2) is 5.17. The van der Waals surface area contributed by atoms with Gasteiger partial charge in [-0.1, -0.05) is 19.1 Å². The Hall–Kier alpha value is -1.62. The molecule has 0 spiro atoms. The highest BCUT2D eigenvalue weighted by atomic mass is 19.1. The smallest absolute Gasteiger partial charge is 0.408 e. The van der Waals surface area contributed by atoms with Gasteiger partial charge in [-0.15, -0.1) is 0 Å². The number of benzene rings is 1. The van der Waals surface area contributed by atoms with Crippen molar-refractivity contribution in [3.05, 3.63) is 35.6 Å². The third kappa shape index (κ3) is 2.30. The maximum absolute atomic E-state index is 13.3. The van der Waals surface area contributed by atoms with Crippen molar-refractivity contribution in [1.29, 1.82) is 0 Å². The first-order valence-corrected chi connectivity index (χ1v) is 6.42. The zero-order valence-electron chi connectivity index (χ0n) is 10.8. The van der Waals surface area contributed by atoms with E-state index in [4.69, 9.17) is 0 Å². The fraction of sp³-hybridized carbons (Fsp3) is 0.500. The van der Waals surface area contributed by atoms with E-state index < -0.39 is 11.6 Å². The van der Waals surface area contributed by atoms with E-state index in [1.165, 1.54) is 17.0 Å². The van der Waals surface area contributed by atoms with Crippen molar-refractivity contribution in [1.82, 2.24) is 4.90 Å². The van der Waals surface area contributed by atoms with Crippen LogP contribution in [0, 0.1) is 5.82 Å². The highest BCUT2D eigenvalue weighted by Crippen LogP contribution is 2.44. The maximum Gasteiger partial charge on any atom is 0.408 e. The summed E-state index contributed by atoms with van der Waals surface area (Å²) in [6.07, 6.45) is 0.668. The van der Waals surface area contributed by atoms with E-state index in [9.17, 15) is 19.4 Å². The zero-order chi connectivity index (χ0) is 14.0. The molecular formula is C14H18FNO3. The number of carboxylic acid groups (broad SMARTS) is 1. The Kier molecular flexibility index (Phi) is 3.75. The summed E-state index contributed by atoms with van der Waals surface area (Å²) < 4.78 is 13.3. The van der Waals surface area contributed by atoms with Crippen LogP contribution in [0.3, 0.4) is 0 Å². The Labute approximate surface area is 111 Å². The van der Waals surface area contributed by atoms with Crippen molar-refractivity contribution in [3.8, 4) is 0 Å². The fourth-order valence-electron chi connectivity index (χ4n) is 2.97. The lowest BCUT2D eigenvalue weighted by Crippen LogP contribution is -2.49. The summed E-state index contributed by atoms with van der Waals surface area (Å²) in [5, 5.41) is 19.0. The number of carbonyl (C=O) groups is 1. The summed E-state index contributed by atoms with van der Waals surface area (Å²) in [5.41, 5.74) is -0.103. The van der Waals surface area contributed by atoms with E-state index in [-0.39, 0.29) is 18.5 Å². The molecule has 1 amide bonds. The van der Waals surface area contributed by atoms with Crippen LogP contribution in [0.1, 0.15) is 37.8 Å². The van der Waals surface area contributed by atoms with Crippen LogP contribution in [-0.4, -0.2) is 33.4 Å². The van der Waals surface area contributed by atoms with E-state index in [1.54, 1.807) is 12.1 Å². The molecule has 2 atom stereocenters. The van der Waals surface area contributed by atoms with Gasteiger partial charge >= 0.3 is 6.09 Å². The zero-order valence-corrected chi connectivity index (χ0v) is 10.8. The molecule has 1 aromatic rings. The van der Waals surface area contributed by atoms with Gasteiger partial charge in [0.1, 0.15) is 5.82 Å². The largest absolute Gasteiger partial charge is 0.465 e. The van der Waals surface area contributed by atoms with Gasteiger partial charge in [0.2, 0.25) is 0 Å². The lowest BCUT2D eigenvalue weighted by atomic mass is 9.94. The molecule has 1 fully saturated rings. The number of hydrogen-bond acceptors (Lipinski definition) is 2. The lowest BCUT2D eigenvalue weighted by Gasteiger charge is -2.37. The minimum atomic E-state index is -1.07. The Bertz CT molecular complexity index is 474. The van der Waals surface area contributed by atoms with Crippen LogP contribution < -0.4 is 0 Å². The van der Waals surface area contributed by atoms with Crippen molar-refractivity contribution in [3.63, 3.8) is 0 Å². The number of aliphatic hydroxyl groups excluding tert-OH is 1. The van der Waals surface area contributed by atoms with Crippen LogP contribution in [0.2, 0.25) is 0 Å². The average Bonchev–Trinajstić information content (AvgIpc) is 2.79.